The first-order chi connectivity index (χ1) is 16.8. The van der Waals surface area contributed by atoms with Crippen molar-refractivity contribution in [3.8, 4) is 5.75 Å². The number of benzene rings is 2. The third kappa shape index (κ3) is 7.60. The number of carbonyl (C=O) groups excluding carboxylic acids is 2. The van der Waals surface area contributed by atoms with Crippen LogP contribution in [-0.2, 0) is 32.3 Å². The molecule has 2 aromatic carbocycles. The van der Waals surface area contributed by atoms with E-state index in [1.807, 2.05) is 0 Å². The van der Waals surface area contributed by atoms with E-state index in [1.165, 1.54) is 18.2 Å². The minimum atomic E-state index is -5.27. The molecule has 2 unspecified atom stereocenters. The van der Waals surface area contributed by atoms with Crippen LogP contribution in [0, 0.1) is 0 Å². The van der Waals surface area contributed by atoms with Gasteiger partial charge in [0.25, 0.3) is 6.10 Å². The van der Waals surface area contributed by atoms with Gasteiger partial charge >= 0.3 is 24.3 Å². The molecular formula is C24H20F6O6. The van der Waals surface area contributed by atoms with Crippen LogP contribution in [0.4, 0.5) is 26.3 Å². The number of rotatable bonds is 10. The van der Waals surface area contributed by atoms with E-state index in [1.54, 1.807) is 18.2 Å². The molecule has 1 N–H and O–H groups in total. The maximum Gasteiger partial charge on any atom is 0.436 e. The summed E-state index contributed by atoms with van der Waals surface area (Å²) in [5.74, 6) is -4.28. The predicted molar refractivity (Wildman–Crippen MR) is 115 cm³/mol. The summed E-state index contributed by atoms with van der Waals surface area (Å²) in [4.78, 5) is 23.7. The Labute approximate surface area is 201 Å². The molecule has 0 spiro atoms. The number of hydrogen-bond acceptors (Lipinski definition) is 6. The lowest BCUT2D eigenvalue weighted by molar-refractivity contribution is -0.218. The fourth-order valence-corrected chi connectivity index (χ4v) is 2.83. The Morgan fingerprint density at radius 1 is 0.889 bits per heavy atom. The van der Waals surface area contributed by atoms with Crippen molar-refractivity contribution in [2.24, 2.45) is 0 Å². The van der Waals surface area contributed by atoms with Gasteiger partial charge in [-0.25, -0.2) is 9.59 Å². The van der Waals surface area contributed by atoms with Gasteiger partial charge in [-0.1, -0.05) is 55.6 Å². The van der Waals surface area contributed by atoms with Crippen LogP contribution in [-0.4, -0.2) is 41.6 Å². The second-order valence-electron chi connectivity index (χ2n) is 7.18. The number of alkyl halides is 6. The minimum Gasteiger partial charge on any atom is -0.468 e. The van der Waals surface area contributed by atoms with Gasteiger partial charge in [0.05, 0.1) is 0 Å². The van der Waals surface area contributed by atoms with E-state index in [0.717, 1.165) is 18.2 Å². The van der Waals surface area contributed by atoms with E-state index in [0.29, 0.717) is 11.1 Å². The van der Waals surface area contributed by atoms with Crippen LogP contribution < -0.4 is 4.74 Å². The van der Waals surface area contributed by atoms with Crippen LogP contribution in [0.2, 0.25) is 0 Å². The molecule has 0 aliphatic rings. The highest BCUT2D eigenvalue weighted by atomic mass is 19.4. The van der Waals surface area contributed by atoms with Crippen LogP contribution in [0.15, 0.2) is 55.6 Å². The number of halogens is 6. The molecule has 0 aliphatic carbocycles. The topological polar surface area (TPSA) is 82.1 Å². The molecule has 0 bridgehead atoms. The number of ether oxygens (including phenoxy) is 3. The van der Waals surface area contributed by atoms with Gasteiger partial charge in [-0.2, -0.15) is 26.3 Å². The molecule has 6 nitrogen and oxygen atoms in total. The van der Waals surface area contributed by atoms with E-state index in [-0.39, 0.29) is 11.1 Å². The molecule has 0 aliphatic heterocycles. The normalized spacial score (nSPS) is 13.3. The van der Waals surface area contributed by atoms with Crippen molar-refractivity contribution in [2.75, 3.05) is 0 Å². The average Bonchev–Trinajstić information content (AvgIpc) is 2.82. The fourth-order valence-electron chi connectivity index (χ4n) is 2.83. The smallest absolute Gasteiger partial charge is 0.436 e. The third-order valence-corrected chi connectivity index (χ3v) is 4.59. The zero-order chi connectivity index (χ0) is 27.1. The Morgan fingerprint density at radius 2 is 1.53 bits per heavy atom. The maximum absolute atomic E-state index is 13.6. The van der Waals surface area contributed by atoms with E-state index in [2.05, 4.69) is 17.9 Å². The van der Waals surface area contributed by atoms with Gasteiger partial charge in [-0.3, -0.25) is 0 Å². The van der Waals surface area contributed by atoms with Crippen molar-refractivity contribution in [3.63, 3.8) is 0 Å². The molecule has 36 heavy (non-hydrogen) atoms. The van der Waals surface area contributed by atoms with E-state index >= 15 is 0 Å². The third-order valence-electron chi connectivity index (χ3n) is 4.59. The molecule has 0 saturated carbocycles. The number of aliphatic hydroxyl groups is 1. The van der Waals surface area contributed by atoms with Crippen LogP contribution in [0.1, 0.15) is 22.3 Å². The van der Waals surface area contributed by atoms with E-state index in [9.17, 15) is 35.9 Å². The summed E-state index contributed by atoms with van der Waals surface area (Å²) in [5.41, 5.74) is 0.773. The lowest BCUT2D eigenvalue weighted by Crippen LogP contribution is -2.42. The van der Waals surface area contributed by atoms with Gasteiger partial charge in [-0.15, -0.1) is 0 Å². The summed E-state index contributed by atoms with van der Waals surface area (Å²) >= 11 is 0. The van der Waals surface area contributed by atoms with Gasteiger partial charge in [-0.05, 0) is 23.3 Å². The molecule has 2 aromatic rings. The van der Waals surface area contributed by atoms with E-state index in [4.69, 9.17) is 14.6 Å². The molecule has 194 valence electrons. The first-order valence-electron chi connectivity index (χ1n) is 10.0. The molecule has 0 heterocycles. The first-order valence-corrected chi connectivity index (χ1v) is 10.0. The molecule has 12 heteroatoms. The number of carbonyl (C=O) groups is 2. The summed E-state index contributed by atoms with van der Waals surface area (Å²) in [5, 5.41) is 8.92. The molecule has 2 rings (SSSR count). The Kier molecular flexibility index (Phi) is 9.29. The first kappa shape index (κ1) is 28.4. The van der Waals surface area contributed by atoms with Crippen molar-refractivity contribution in [3.05, 3.63) is 77.9 Å². The molecule has 0 saturated heterocycles. The van der Waals surface area contributed by atoms with Crippen molar-refractivity contribution in [2.45, 2.75) is 37.8 Å². The molecule has 2 atom stereocenters. The largest absolute Gasteiger partial charge is 0.468 e. The summed E-state index contributed by atoms with van der Waals surface area (Å²) in [6.07, 6.45) is -14.4. The number of hydrogen-bond donors (Lipinski definition) is 1. The summed E-state index contributed by atoms with van der Waals surface area (Å²) in [7, 11) is 0. The van der Waals surface area contributed by atoms with Crippen LogP contribution in [0.3, 0.4) is 0 Å². The van der Waals surface area contributed by atoms with Crippen molar-refractivity contribution in [1.82, 2.24) is 0 Å². The minimum absolute atomic E-state index is 0.0965. The second kappa shape index (κ2) is 11.8. The second-order valence-corrected chi connectivity index (χ2v) is 7.18. The van der Waals surface area contributed by atoms with Crippen molar-refractivity contribution >= 4 is 24.1 Å². The highest BCUT2D eigenvalue weighted by molar-refractivity contribution is 5.77. The monoisotopic (exact) mass is 518 g/mol. The molecule has 0 radical (unpaired) electrons. The highest BCUT2D eigenvalue weighted by Gasteiger charge is 2.49. The zero-order valence-corrected chi connectivity index (χ0v) is 18.4. The summed E-state index contributed by atoms with van der Waals surface area (Å²) in [6.45, 7) is 5.63. The Balaban J connectivity index is 2.20. The molecule has 0 amide bonds. The van der Waals surface area contributed by atoms with Crippen LogP contribution in [0.25, 0.3) is 12.2 Å². The maximum atomic E-state index is 13.6. The molecular weight excluding hydrogens is 498 g/mol. The van der Waals surface area contributed by atoms with E-state index < -0.39 is 55.5 Å². The van der Waals surface area contributed by atoms with Crippen LogP contribution in [0.5, 0.6) is 5.75 Å². The van der Waals surface area contributed by atoms with Crippen molar-refractivity contribution in [1.29, 1.82) is 0 Å². The SMILES string of the molecule is C=Cc1cccc(COC(=O)C(Oc2cccc(COC(=O)C(O)C(F)(F)F)c2C=C)C(F)(F)F)c1. The van der Waals surface area contributed by atoms with Gasteiger partial charge < -0.3 is 19.3 Å². The Bertz CT molecular complexity index is 1110. The Hall–Kier alpha value is -3.80. The lowest BCUT2D eigenvalue weighted by Gasteiger charge is -2.22. The van der Waals surface area contributed by atoms with Gasteiger partial charge in [0.2, 0.25) is 6.10 Å². The Morgan fingerprint density at radius 3 is 2.11 bits per heavy atom. The standard InChI is InChI=1S/C24H20F6O6/c1-3-14-7-5-8-15(11-14)12-34-22(33)20(24(28,29)30)36-18-10-6-9-16(17(18)4-2)13-35-21(32)19(31)23(25,26)27/h3-11,19-20,31H,1-2,12-13H2. The average molecular weight is 518 g/mol. The molecule has 0 fully saturated rings. The van der Waals surface area contributed by atoms with Gasteiger partial charge in [0.15, 0.2) is 0 Å². The highest BCUT2D eigenvalue weighted by Crippen LogP contribution is 2.31. The predicted octanol–water partition coefficient (Wildman–Crippen LogP) is 4.99. The van der Waals surface area contributed by atoms with Gasteiger partial charge in [0.1, 0.15) is 19.0 Å². The van der Waals surface area contributed by atoms with Gasteiger partial charge in [0, 0.05) is 11.1 Å². The summed E-state index contributed by atoms with van der Waals surface area (Å²) < 4.78 is 92.2. The zero-order valence-electron chi connectivity index (χ0n) is 18.4. The number of aliphatic hydroxyl groups excluding tert-OH is 1. The quantitative estimate of drug-likeness (QED) is 0.353. The fraction of sp³-hybridized carbons (Fsp3) is 0.250. The molecule has 0 aromatic heterocycles. The van der Waals surface area contributed by atoms with Crippen molar-refractivity contribution < 1.29 is 55.2 Å². The lowest BCUT2D eigenvalue weighted by atomic mass is 10.1. The number of esters is 2. The summed E-state index contributed by atoms with van der Waals surface area (Å²) in [6, 6.07) is 9.79. The van der Waals surface area contributed by atoms with Crippen LogP contribution >= 0.6 is 0 Å².